The van der Waals surface area contributed by atoms with E-state index >= 15 is 0 Å². The summed E-state index contributed by atoms with van der Waals surface area (Å²) in [5.74, 6) is 0.202. The van der Waals surface area contributed by atoms with Gasteiger partial charge in [0.05, 0.1) is 19.1 Å². The molecule has 0 saturated carbocycles. The molecule has 2 N–H and O–H groups in total. The quantitative estimate of drug-likeness (QED) is 0.777. The lowest BCUT2D eigenvalue weighted by atomic mass is 10.1. The van der Waals surface area contributed by atoms with Crippen LogP contribution in [-0.2, 0) is 6.42 Å². The summed E-state index contributed by atoms with van der Waals surface area (Å²) in [5.41, 5.74) is 6.38. The van der Waals surface area contributed by atoms with Crippen LogP contribution in [0.5, 0.6) is 11.5 Å². The van der Waals surface area contributed by atoms with Crippen molar-refractivity contribution in [2.45, 2.75) is 17.5 Å². The number of benzene rings is 1. The molecule has 1 rings (SSSR count). The van der Waals surface area contributed by atoms with Crippen LogP contribution in [-0.4, -0.2) is 32.7 Å². The molecule has 1 aromatic rings. The van der Waals surface area contributed by atoms with E-state index in [0.717, 1.165) is 16.4 Å². The number of hydrogen-bond acceptors (Lipinski definition) is 5. The van der Waals surface area contributed by atoms with Crippen LogP contribution in [0.4, 0.5) is 13.2 Å². The summed E-state index contributed by atoms with van der Waals surface area (Å²) >= 11 is 0. The fourth-order valence-corrected chi connectivity index (χ4v) is 3.56. The molecule has 0 aromatic heterocycles. The van der Waals surface area contributed by atoms with Crippen LogP contribution in [0.15, 0.2) is 17.0 Å². The number of ether oxygens (including phenoxy) is 2. The Hall–Kier alpha value is -0.730. The summed E-state index contributed by atoms with van der Waals surface area (Å²) in [6.45, 7) is 0.453. The number of rotatable bonds is 7. The second-order valence-corrected chi connectivity index (χ2v) is 6.15. The molecule has 1 aromatic carbocycles. The highest BCUT2D eigenvalue weighted by molar-refractivity contribution is 8.76. The van der Waals surface area contributed by atoms with E-state index in [4.69, 9.17) is 15.2 Å². The Kier molecular flexibility index (Phi) is 6.84. The Morgan fingerprint density at radius 2 is 1.80 bits per heavy atom. The molecule has 0 aliphatic carbocycles. The molecule has 0 aliphatic rings. The summed E-state index contributed by atoms with van der Waals surface area (Å²) in [5, 5.41) is 0. The van der Waals surface area contributed by atoms with Crippen molar-refractivity contribution in [2.75, 3.05) is 26.5 Å². The Morgan fingerprint density at radius 1 is 1.15 bits per heavy atom. The smallest absolute Gasteiger partial charge is 0.398 e. The molecule has 114 valence electrons. The Balaban J connectivity index is 2.88. The number of nitrogens with two attached hydrogens (primary N) is 1. The monoisotopic (exact) mass is 327 g/mol. The maximum Gasteiger partial charge on any atom is 0.398 e. The van der Waals surface area contributed by atoms with E-state index in [0.29, 0.717) is 40.2 Å². The minimum absolute atomic E-state index is 0.453. The van der Waals surface area contributed by atoms with Gasteiger partial charge >= 0.3 is 6.18 Å². The Bertz CT molecular complexity index is 441. The van der Waals surface area contributed by atoms with Gasteiger partial charge in [-0.2, -0.15) is 13.2 Å². The summed E-state index contributed by atoms with van der Waals surface area (Å²) < 4.78 is 46.9. The molecular weight excluding hydrogens is 311 g/mol. The van der Waals surface area contributed by atoms with Gasteiger partial charge in [0.2, 0.25) is 0 Å². The molecule has 3 nitrogen and oxygen atoms in total. The van der Waals surface area contributed by atoms with Crippen LogP contribution < -0.4 is 15.2 Å². The summed E-state index contributed by atoms with van der Waals surface area (Å²) in [7, 11) is 4.72. The van der Waals surface area contributed by atoms with Gasteiger partial charge < -0.3 is 15.2 Å². The van der Waals surface area contributed by atoms with Crippen LogP contribution in [0, 0.1) is 0 Å². The lowest BCUT2D eigenvalue weighted by molar-refractivity contribution is -0.104. The fraction of sp³-hybridized carbons (Fsp3) is 0.500. The predicted octanol–water partition coefficient (Wildman–Crippen LogP) is 3.51. The Labute approximate surface area is 123 Å². The molecule has 0 atom stereocenters. The summed E-state index contributed by atoms with van der Waals surface area (Å²) in [4.78, 5) is 0.597. The van der Waals surface area contributed by atoms with E-state index in [1.807, 2.05) is 0 Å². The topological polar surface area (TPSA) is 44.5 Å². The van der Waals surface area contributed by atoms with Crippen LogP contribution in [0.1, 0.15) is 5.56 Å². The SMILES string of the molecule is COc1cc(SSCC(F)(F)F)c(OC)cc1CCN. The van der Waals surface area contributed by atoms with Crippen molar-refractivity contribution >= 4 is 21.6 Å². The first-order valence-electron chi connectivity index (χ1n) is 5.72. The number of hydrogen-bond donors (Lipinski definition) is 1. The molecule has 0 saturated heterocycles. The van der Waals surface area contributed by atoms with Crippen molar-refractivity contribution in [2.24, 2.45) is 5.73 Å². The van der Waals surface area contributed by atoms with E-state index in [1.165, 1.54) is 14.2 Å². The van der Waals surface area contributed by atoms with Gasteiger partial charge in [0.15, 0.2) is 0 Å². The number of alkyl halides is 3. The second-order valence-electron chi connectivity index (χ2n) is 3.81. The first-order valence-corrected chi connectivity index (χ1v) is 8.04. The molecule has 0 aliphatic heterocycles. The van der Waals surface area contributed by atoms with Crippen LogP contribution >= 0.6 is 21.6 Å². The molecule has 0 spiro atoms. The molecule has 0 bridgehead atoms. The van der Waals surface area contributed by atoms with Gasteiger partial charge in [-0.15, -0.1) is 0 Å². The fourth-order valence-electron chi connectivity index (χ4n) is 1.51. The minimum atomic E-state index is -4.19. The first kappa shape index (κ1) is 17.3. The molecule has 8 heteroatoms. The van der Waals surface area contributed by atoms with Gasteiger partial charge in [0.25, 0.3) is 0 Å². The van der Waals surface area contributed by atoms with Crippen molar-refractivity contribution in [3.05, 3.63) is 17.7 Å². The zero-order valence-electron chi connectivity index (χ0n) is 11.1. The van der Waals surface area contributed by atoms with Gasteiger partial charge in [-0.3, -0.25) is 0 Å². The van der Waals surface area contributed by atoms with E-state index in [-0.39, 0.29) is 0 Å². The standard InChI is InChI=1S/C12H16F3NO2S2/c1-17-9-6-11(20-19-7-12(13,14)15)10(18-2)5-8(9)3-4-16/h5-6H,3-4,7,16H2,1-2H3. The molecule has 20 heavy (non-hydrogen) atoms. The Morgan fingerprint density at radius 3 is 2.30 bits per heavy atom. The third-order valence-electron chi connectivity index (χ3n) is 2.35. The zero-order chi connectivity index (χ0) is 15.2. The van der Waals surface area contributed by atoms with E-state index < -0.39 is 11.9 Å². The van der Waals surface area contributed by atoms with Crippen molar-refractivity contribution in [3.63, 3.8) is 0 Å². The minimum Gasteiger partial charge on any atom is -0.496 e. The van der Waals surface area contributed by atoms with E-state index in [2.05, 4.69) is 0 Å². The van der Waals surface area contributed by atoms with E-state index in [9.17, 15) is 13.2 Å². The molecule has 0 fully saturated rings. The summed E-state index contributed by atoms with van der Waals surface area (Å²) in [6.07, 6.45) is -3.57. The van der Waals surface area contributed by atoms with Crippen LogP contribution in [0.25, 0.3) is 0 Å². The highest BCUT2D eigenvalue weighted by Crippen LogP contribution is 2.43. The van der Waals surface area contributed by atoms with Crippen molar-refractivity contribution in [3.8, 4) is 11.5 Å². The van der Waals surface area contributed by atoms with E-state index in [1.54, 1.807) is 12.1 Å². The number of methoxy groups -OCH3 is 2. The maximum atomic E-state index is 12.1. The van der Waals surface area contributed by atoms with Crippen LogP contribution in [0.3, 0.4) is 0 Å². The summed E-state index contributed by atoms with van der Waals surface area (Å²) in [6, 6.07) is 3.43. The lowest BCUT2D eigenvalue weighted by Gasteiger charge is -2.14. The molecular formula is C12H16F3NO2S2. The second kappa shape index (κ2) is 7.90. The zero-order valence-corrected chi connectivity index (χ0v) is 12.8. The molecule has 0 unspecified atom stereocenters. The lowest BCUT2D eigenvalue weighted by Crippen LogP contribution is -2.09. The highest BCUT2D eigenvalue weighted by Gasteiger charge is 2.27. The molecule has 0 radical (unpaired) electrons. The van der Waals surface area contributed by atoms with Crippen molar-refractivity contribution in [1.29, 1.82) is 0 Å². The first-order chi connectivity index (χ1) is 9.41. The third kappa shape index (κ3) is 5.34. The highest BCUT2D eigenvalue weighted by atomic mass is 33.1. The number of halogens is 3. The van der Waals surface area contributed by atoms with Crippen molar-refractivity contribution < 1.29 is 22.6 Å². The van der Waals surface area contributed by atoms with Crippen LogP contribution in [0.2, 0.25) is 0 Å². The predicted molar refractivity (Wildman–Crippen MR) is 76.7 cm³/mol. The average Bonchev–Trinajstić information content (AvgIpc) is 2.38. The maximum absolute atomic E-state index is 12.1. The molecule has 0 amide bonds. The van der Waals surface area contributed by atoms with Gasteiger partial charge in [-0.25, -0.2) is 0 Å². The third-order valence-corrected chi connectivity index (χ3v) is 4.66. The average molecular weight is 327 g/mol. The van der Waals surface area contributed by atoms with Gasteiger partial charge in [0.1, 0.15) is 17.3 Å². The molecule has 0 heterocycles. The van der Waals surface area contributed by atoms with Gasteiger partial charge in [0, 0.05) is 0 Å². The largest absolute Gasteiger partial charge is 0.496 e. The van der Waals surface area contributed by atoms with Gasteiger partial charge in [-0.05, 0) is 30.7 Å². The van der Waals surface area contributed by atoms with Crippen molar-refractivity contribution in [1.82, 2.24) is 0 Å². The normalized spacial score (nSPS) is 11.5. The van der Waals surface area contributed by atoms with Gasteiger partial charge in [-0.1, -0.05) is 21.6 Å².